The van der Waals surface area contributed by atoms with Gasteiger partial charge in [-0.1, -0.05) is 13.8 Å². The second-order valence-electron chi connectivity index (χ2n) is 4.52. The Morgan fingerprint density at radius 2 is 2.22 bits per heavy atom. The highest BCUT2D eigenvalue weighted by Crippen LogP contribution is 1.97. The van der Waals surface area contributed by atoms with Crippen molar-refractivity contribution in [2.75, 3.05) is 18.9 Å². The van der Waals surface area contributed by atoms with Gasteiger partial charge >= 0.3 is 0 Å². The SMILES string of the molecule is CNc1cnn(CC(=O)NCCC(C)C)c(=O)c1. The van der Waals surface area contributed by atoms with Crippen LogP contribution in [-0.2, 0) is 11.3 Å². The maximum atomic E-state index is 11.6. The van der Waals surface area contributed by atoms with E-state index in [9.17, 15) is 9.59 Å². The third kappa shape index (κ3) is 4.57. The minimum absolute atomic E-state index is 0.0408. The predicted octanol–water partition coefficient (Wildman–Crippen LogP) is 0.447. The standard InChI is InChI=1S/C12H20N4O2/c1-9(2)4-5-14-11(17)8-16-12(18)6-10(13-3)7-15-16/h6-7,9,13H,4-5,8H2,1-3H3,(H,14,17). The van der Waals surface area contributed by atoms with Crippen LogP contribution in [0.3, 0.4) is 0 Å². The number of aromatic nitrogens is 2. The van der Waals surface area contributed by atoms with Gasteiger partial charge < -0.3 is 10.6 Å². The Hall–Kier alpha value is -1.85. The number of hydrogen-bond donors (Lipinski definition) is 2. The lowest BCUT2D eigenvalue weighted by Gasteiger charge is -2.08. The van der Waals surface area contributed by atoms with E-state index in [0.717, 1.165) is 11.1 Å². The molecule has 0 atom stereocenters. The Morgan fingerprint density at radius 3 is 2.78 bits per heavy atom. The van der Waals surface area contributed by atoms with Gasteiger partial charge in [0.15, 0.2) is 0 Å². The summed E-state index contributed by atoms with van der Waals surface area (Å²) in [6.45, 7) is 4.77. The lowest BCUT2D eigenvalue weighted by Crippen LogP contribution is -2.34. The minimum Gasteiger partial charge on any atom is -0.387 e. The van der Waals surface area contributed by atoms with Crippen LogP contribution in [0.4, 0.5) is 5.69 Å². The molecule has 0 aliphatic heterocycles. The molecule has 2 N–H and O–H groups in total. The van der Waals surface area contributed by atoms with Crippen molar-refractivity contribution >= 4 is 11.6 Å². The van der Waals surface area contributed by atoms with Crippen LogP contribution in [0, 0.1) is 5.92 Å². The first-order valence-electron chi connectivity index (χ1n) is 6.04. The third-order valence-electron chi connectivity index (χ3n) is 2.50. The van der Waals surface area contributed by atoms with E-state index in [4.69, 9.17) is 0 Å². The van der Waals surface area contributed by atoms with Gasteiger partial charge in [0.25, 0.3) is 5.56 Å². The molecule has 1 rings (SSSR count). The molecule has 0 saturated carbocycles. The van der Waals surface area contributed by atoms with Gasteiger partial charge in [0.05, 0.1) is 11.9 Å². The Labute approximate surface area is 106 Å². The molecule has 1 aromatic heterocycles. The number of nitrogens with zero attached hydrogens (tertiary/aromatic N) is 2. The van der Waals surface area contributed by atoms with Crippen LogP contribution in [-0.4, -0.2) is 29.3 Å². The van der Waals surface area contributed by atoms with Gasteiger partial charge in [0.2, 0.25) is 5.91 Å². The number of hydrogen-bond acceptors (Lipinski definition) is 4. The van der Waals surface area contributed by atoms with Crippen LogP contribution >= 0.6 is 0 Å². The number of nitrogens with one attached hydrogen (secondary N) is 2. The molecule has 0 spiro atoms. The molecule has 1 amide bonds. The summed E-state index contributed by atoms with van der Waals surface area (Å²) in [7, 11) is 1.71. The van der Waals surface area contributed by atoms with E-state index < -0.39 is 0 Å². The molecule has 0 aliphatic carbocycles. The molecule has 0 saturated heterocycles. The Balaban J connectivity index is 2.52. The quantitative estimate of drug-likeness (QED) is 0.770. The number of amides is 1. The fourth-order valence-corrected chi connectivity index (χ4v) is 1.38. The zero-order chi connectivity index (χ0) is 13.5. The molecular formula is C12H20N4O2. The number of rotatable bonds is 6. The molecule has 1 aromatic rings. The molecule has 0 radical (unpaired) electrons. The molecule has 100 valence electrons. The van der Waals surface area contributed by atoms with Crippen LogP contribution in [0.15, 0.2) is 17.1 Å². The van der Waals surface area contributed by atoms with Crippen LogP contribution < -0.4 is 16.2 Å². The minimum atomic E-state index is -0.291. The topological polar surface area (TPSA) is 76.0 Å². The maximum absolute atomic E-state index is 11.6. The molecular weight excluding hydrogens is 232 g/mol. The first kappa shape index (κ1) is 14.2. The summed E-state index contributed by atoms with van der Waals surface area (Å²) in [4.78, 5) is 23.2. The molecule has 0 bridgehead atoms. The highest BCUT2D eigenvalue weighted by atomic mass is 16.2. The van der Waals surface area contributed by atoms with E-state index in [1.54, 1.807) is 7.05 Å². The Bertz CT molecular complexity index is 454. The number of anilines is 1. The van der Waals surface area contributed by atoms with Crippen molar-refractivity contribution in [2.45, 2.75) is 26.8 Å². The molecule has 18 heavy (non-hydrogen) atoms. The van der Waals surface area contributed by atoms with Gasteiger partial charge in [-0.25, -0.2) is 4.68 Å². The van der Waals surface area contributed by atoms with Crippen LogP contribution in [0.2, 0.25) is 0 Å². The average Bonchev–Trinajstić information content (AvgIpc) is 2.31. The summed E-state index contributed by atoms with van der Waals surface area (Å²) in [5, 5.41) is 9.50. The van der Waals surface area contributed by atoms with E-state index in [2.05, 4.69) is 29.6 Å². The van der Waals surface area contributed by atoms with E-state index in [-0.39, 0.29) is 18.0 Å². The second kappa shape index (κ2) is 6.78. The molecule has 0 fully saturated rings. The van der Waals surface area contributed by atoms with Crippen molar-refractivity contribution in [1.29, 1.82) is 0 Å². The monoisotopic (exact) mass is 252 g/mol. The van der Waals surface area contributed by atoms with Crippen LogP contribution in [0.1, 0.15) is 20.3 Å². The lowest BCUT2D eigenvalue weighted by molar-refractivity contribution is -0.121. The highest BCUT2D eigenvalue weighted by Gasteiger charge is 2.05. The maximum Gasteiger partial charge on any atom is 0.269 e. The fraction of sp³-hybridized carbons (Fsp3) is 0.583. The second-order valence-corrected chi connectivity index (χ2v) is 4.52. The molecule has 0 unspecified atom stereocenters. The van der Waals surface area contributed by atoms with Crippen molar-refractivity contribution in [3.8, 4) is 0 Å². The first-order chi connectivity index (χ1) is 8.52. The van der Waals surface area contributed by atoms with Crippen molar-refractivity contribution in [2.24, 2.45) is 5.92 Å². The number of carbonyl (C=O) groups is 1. The van der Waals surface area contributed by atoms with E-state index in [1.807, 2.05) is 0 Å². The summed E-state index contributed by atoms with van der Waals surface area (Å²) >= 11 is 0. The lowest BCUT2D eigenvalue weighted by atomic mass is 10.1. The zero-order valence-electron chi connectivity index (χ0n) is 11.1. The van der Waals surface area contributed by atoms with Gasteiger partial charge in [0, 0.05) is 19.7 Å². The average molecular weight is 252 g/mol. The smallest absolute Gasteiger partial charge is 0.269 e. The largest absolute Gasteiger partial charge is 0.387 e. The van der Waals surface area contributed by atoms with Crippen molar-refractivity contribution in [3.05, 3.63) is 22.6 Å². The van der Waals surface area contributed by atoms with E-state index in [0.29, 0.717) is 18.2 Å². The summed E-state index contributed by atoms with van der Waals surface area (Å²) in [6, 6.07) is 1.41. The van der Waals surface area contributed by atoms with Crippen molar-refractivity contribution in [3.63, 3.8) is 0 Å². The summed E-state index contributed by atoms with van der Waals surface area (Å²) < 4.78 is 1.14. The van der Waals surface area contributed by atoms with Crippen molar-refractivity contribution < 1.29 is 4.79 Å². The number of carbonyl (C=O) groups excluding carboxylic acids is 1. The fourth-order valence-electron chi connectivity index (χ4n) is 1.38. The molecule has 1 heterocycles. The molecule has 6 heteroatoms. The summed E-state index contributed by atoms with van der Waals surface area (Å²) in [5.74, 6) is 0.350. The zero-order valence-corrected chi connectivity index (χ0v) is 11.1. The normalized spacial score (nSPS) is 10.4. The van der Waals surface area contributed by atoms with Crippen molar-refractivity contribution in [1.82, 2.24) is 15.1 Å². The predicted molar refractivity (Wildman–Crippen MR) is 70.5 cm³/mol. The van der Waals surface area contributed by atoms with Gasteiger partial charge in [-0.3, -0.25) is 9.59 Å². The third-order valence-corrected chi connectivity index (χ3v) is 2.50. The summed E-state index contributed by atoms with van der Waals surface area (Å²) in [5.41, 5.74) is 0.345. The molecule has 0 aromatic carbocycles. The Kier molecular flexibility index (Phi) is 5.35. The van der Waals surface area contributed by atoms with E-state index >= 15 is 0 Å². The van der Waals surface area contributed by atoms with Gasteiger partial charge in [-0.15, -0.1) is 0 Å². The van der Waals surface area contributed by atoms with Crippen LogP contribution in [0.5, 0.6) is 0 Å². The summed E-state index contributed by atoms with van der Waals surface area (Å²) in [6.07, 6.45) is 2.44. The van der Waals surface area contributed by atoms with Gasteiger partial charge in [0.1, 0.15) is 6.54 Å². The highest BCUT2D eigenvalue weighted by molar-refractivity contribution is 5.75. The first-order valence-corrected chi connectivity index (χ1v) is 6.04. The van der Waals surface area contributed by atoms with Crippen LogP contribution in [0.25, 0.3) is 0 Å². The molecule has 6 nitrogen and oxygen atoms in total. The Morgan fingerprint density at radius 1 is 1.50 bits per heavy atom. The van der Waals surface area contributed by atoms with E-state index in [1.165, 1.54) is 12.3 Å². The van der Waals surface area contributed by atoms with Gasteiger partial charge in [-0.2, -0.15) is 5.10 Å². The molecule has 0 aliphatic rings. The van der Waals surface area contributed by atoms with Gasteiger partial charge in [-0.05, 0) is 12.3 Å².